The topological polar surface area (TPSA) is 11.4 Å². The number of unbranched alkanes of at least 4 members (excludes halogenated alkanes) is 4. The van der Waals surface area contributed by atoms with E-state index in [1.807, 2.05) is 0 Å². The molecule has 0 spiro atoms. The molecule has 1 aromatic heterocycles. The first-order valence-corrected chi connectivity index (χ1v) is 10.2. The number of hydrogen-bond acceptors (Lipinski definition) is 2. The Labute approximate surface area is 150 Å². The summed E-state index contributed by atoms with van der Waals surface area (Å²) in [5.41, 5.74) is 4.68. The summed E-state index contributed by atoms with van der Waals surface area (Å²) in [7, 11) is 2.23. The van der Waals surface area contributed by atoms with Gasteiger partial charge < -0.3 is 9.47 Å². The standard InChI is InChI=1S/C21H39N3/c1-5-7-9-11-21-17-20(18-23-15-13-22(4)14-16-23)19(3)24(21)12-10-8-6-2/h17H,5-16,18H2,1-4H3. The third-order valence-electron chi connectivity index (χ3n) is 5.57. The molecule has 0 radical (unpaired) electrons. The molecule has 3 nitrogen and oxygen atoms in total. The van der Waals surface area contributed by atoms with Crippen LogP contribution in [0.3, 0.4) is 0 Å². The van der Waals surface area contributed by atoms with E-state index in [1.165, 1.54) is 83.4 Å². The Bertz CT molecular complexity index is 470. The van der Waals surface area contributed by atoms with Crippen molar-refractivity contribution in [3.8, 4) is 0 Å². The van der Waals surface area contributed by atoms with E-state index >= 15 is 0 Å². The van der Waals surface area contributed by atoms with E-state index in [4.69, 9.17) is 0 Å². The lowest BCUT2D eigenvalue weighted by atomic mass is 10.1. The molecule has 2 rings (SSSR count). The average Bonchev–Trinajstić information content (AvgIpc) is 2.86. The molecule has 0 saturated carbocycles. The van der Waals surface area contributed by atoms with Crippen molar-refractivity contribution in [2.75, 3.05) is 33.2 Å². The number of aryl methyl sites for hydroxylation is 1. The van der Waals surface area contributed by atoms with Crippen molar-refractivity contribution >= 4 is 0 Å². The fourth-order valence-corrected chi connectivity index (χ4v) is 3.77. The van der Waals surface area contributed by atoms with Gasteiger partial charge >= 0.3 is 0 Å². The van der Waals surface area contributed by atoms with Crippen molar-refractivity contribution in [1.29, 1.82) is 0 Å². The maximum atomic E-state index is 2.64. The van der Waals surface area contributed by atoms with Crippen LogP contribution in [0.2, 0.25) is 0 Å². The van der Waals surface area contributed by atoms with Crippen molar-refractivity contribution in [2.24, 2.45) is 0 Å². The number of piperazine rings is 1. The van der Waals surface area contributed by atoms with E-state index in [0.29, 0.717) is 0 Å². The normalized spacial score (nSPS) is 16.8. The SMILES string of the molecule is CCCCCc1cc(CN2CCN(C)CC2)c(C)n1CCCCC. The first kappa shape index (κ1) is 19.5. The zero-order chi connectivity index (χ0) is 17.4. The molecule has 2 heterocycles. The molecule has 0 bridgehead atoms. The highest BCUT2D eigenvalue weighted by Crippen LogP contribution is 2.21. The molecule has 0 aliphatic carbocycles. The fourth-order valence-electron chi connectivity index (χ4n) is 3.77. The maximum Gasteiger partial charge on any atom is 0.0252 e. The van der Waals surface area contributed by atoms with Gasteiger partial charge in [0.1, 0.15) is 0 Å². The van der Waals surface area contributed by atoms with Crippen LogP contribution < -0.4 is 0 Å². The van der Waals surface area contributed by atoms with E-state index < -0.39 is 0 Å². The van der Waals surface area contributed by atoms with Crippen LogP contribution in [0.1, 0.15) is 69.3 Å². The third kappa shape index (κ3) is 5.63. The van der Waals surface area contributed by atoms with E-state index in [0.717, 1.165) is 6.54 Å². The van der Waals surface area contributed by atoms with Crippen molar-refractivity contribution in [1.82, 2.24) is 14.4 Å². The Morgan fingerprint density at radius 3 is 2.25 bits per heavy atom. The van der Waals surface area contributed by atoms with E-state index in [2.05, 4.69) is 48.3 Å². The Morgan fingerprint density at radius 1 is 0.917 bits per heavy atom. The van der Waals surface area contributed by atoms with Gasteiger partial charge in [0, 0.05) is 50.7 Å². The minimum absolute atomic E-state index is 1.14. The number of nitrogens with zero attached hydrogens (tertiary/aromatic N) is 3. The molecule has 24 heavy (non-hydrogen) atoms. The van der Waals surface area contributed by atoms with Gasteiger partial charge in [0.15, 0.2) is 0 Å². The second kappa shape index (κ2) is 10.2. The number of likely N-dealkylation sites (N-methyl/N-ethyl adjacent to an activating group) is 1. The molecule has 3 heteroatoms. The molecular weight excluding hydrogens is 294 g/mol. The van der Waals surface area contributed by atoms with E-state index in [-0.39, 0.29) is 0 Å². The van der Waals surface area contributed by atoms with Crippen LogP contribution in [0.15, 0.2) is 6.07 Å². The van der Waals surface area contributed by atoms with Gasteiger partial charge in [-0.1, -0.05) is 39.5 Å². The summed E-state index contributed by atoms with van der Waals surface area (Å²) in [6, 6.07) is 2.52. The molecule has 0 unspecified atom stereocenters. The minimum atomic E-state index is 1.14. The van der Waals surface area contributed by atoms with E-state index in [9.17, 15) is 0 Å². The molecule has 0 atom stereocenters. The van der Waals surface area contributed by atoms with Crippen LogP contribution in [-0.4, -0.2) is 47.6 Å². The summed E-state index contributed by atoms with van der Waals surface area (Å²) in [4.78, 5) is 5.07. The number of hydrogen-bond donors (Lipinski definition) is 0. The van der Waals surface area contributed by atoms with Crippen LogP contribution >= 0.6 is 0 Å². The van der Waals surface area contributed by atoms with Crippen molar-refractivity contribution in [3.05, 3.63) is 23.0 Å². The lowest BCUT2D eigenvalue weighted by Gasteiger charge is -2.32. The quantitative estimate of drug-likeness (QED) is 0.585. The molecule has 138 valence electrons. The summed E-state index contributed by atoms with van der Waals surface area (Å²) in [6.45, 7) is 14.1. The fraction of sp³-hybridized carbons (Fsp3) is 0.810. The molecule has 0 aromatic carbocycles. The largest absolute Gasteiger partial charge is 0.349 e. The second-order valence-electron chi connectivity index (χ2n) is 7.64. The van der Waals surface area contributed by atoms with Gasteiger partial charge in [-0.05, 0) is 44.9 Å². The molecule has 1 aromatic rings. The summed E-state index contributed by atoms with van der Waals surface area (Å²) in [6.07, 6.45) is 9.22. The first-order valence-electron chi connectivity index (χ1n) is 10.2. The van der Waals surface area contributed by atoms with Gasteiger partial charge in [-0.2, -0.15) is 0 Å². The Hall–Kier alpha value is -0.800. The predicted molar refractivity (Wildman–Crippen MR) is 105 cm³/mol. The molecule has 0 amide bonds. The summed E-state index contributed by atoms with van der Waals surface area (Å²) in [5, 5.41) is 0. The third-order valence-corrected chi connectivity index (χ3v) is 5.57. The Kier molecular flexibility index (Phi) is 8.34. The van der Waals surface area contributed by atoms with Crippen molar-refractivity contribution in [2.45, 2.75) is 78.8 Å². The van der Waals surface area contributed by atoms with Gasteiger partial charge in [0.05, 0.1) is 0 Å². The molecule has 1 aliphatic heterocycles. The number of rotatable bonds is 10. The van der Waals surface area contributed by atoms with Crippen LogP contribution in [-0.2, 0) is 19.5 Å². The highest BCUT2D eigenvalue weighted by atomic mass is 15.2. The average molecular weight is 334 g/mol. The van der Waals surface area contributed by atoms with Gasteiger partial charge in [0.25, 0.3) is 0 Å². The van der Waals surface area contributed by atoms with Crippen LogP contribution in [0.5, 0.6) is 0 Å². The van der Waals surface area contributed by atoms with Crippen LogP contribution in [0, 0.1) is 6.92 Å². The monoisotopic (exact) mass is 333 g/mol. The molecule has 1 aliphatic rings. The Balaban J connectivity index is 2.04. The second-order valence-corrected chi connectivity index (χ2v) is 7.64. The molecule has 1 fully saturated rings. The summed E-state index contributed by atoms with van der Waals surface area (Å²) < 4.78 is 2.64. The summed E-state index contributed by atoms with van der Waals surface area (Å²) in [5.74, 6) is 0. The van der Waals surface area contributed by atoms with Crippen molar-refractivity contribution < 1.29 is 0 Å². The highest BCUT2D eigenvalue weighted by molar-refractivity contribution is 5.27. The zero-order valence-corrected chi connectivity index (χ0v) is 16.6. The minimum Gasteiger partial charge on any atom is -0.349 e. The van der Waals surface area contributed by atoms with Gasteiger partial charge in [-0.3, -0.25) is 4.90 Å². The Morgan fingerprint density at radius 2 is 1.58 bits per heavy atom. The number of aromatic nitrogens is 1. The lowest BCUT2D eigenvalue weighted by molar-refractivity contribution is 0.148. The van der Waals surface area contributed by atoms with Gasteiger partial charge in [-0.25, -0.2) is 0 Å². The zero-order valence-electron chi connectivity index (χ0n) is 16.6. The summed E-state index contributed by atoms with van der Waals surface area (Å²) >= 11 is 0. The van der Waals surface area contributed by atoms with Crippen molar-refractivity contribution in [3.63, 3.8) is 0 Å². The molecule has 0 N–H and O–H groups in total. The maximum absolute atomic E-state index is 2.64. The van der Waals surface area contributed by atoms with E-state index in [1.54, 1.807) is 11.3 Å². The highest BCUT2D eigenvalue weighted by Gasteiger charge is 2.17. The smallest absolute Gasteiger partial charge is 0.0252 e. The first-order chi connectivity index (χ1) is 11.7. The molecular formula is C21H39N3. The molecule has 1 saturated heterocycles. The predicted octanol–water partition coefficient (Wildman–Crippen LogP) is 4.47. The van der Waals surface area contributed by atoms with Gasteiger partial charge in [-0.15, -0.1) is 0 Å². The van der Waals surface area contributed by atoms with Crippen LogP contribution in [0.25, 0.3) is 0 Å². The van der Waals surface area contributed by atoms with Crippen LogP contribution in [0.4, 0.5) is 0 Å². The van der Waals surface area contributed by atoms with Gasteiger partial charge in [0.2, 0.25) is 0 Å². The lowest BCUT2D eigenvalue weighted by Crippen LogP contribution is -2.43.